The van der Waals surface area contributed by atoms with Crippen molar-refractivity contribution in [3.8, 4) is 0 Å². The van der Waals surface area contributed by atoms with Crippen molar-refractivity contribution in [2.45, 2.75) is 55.7 Å². The predicted molar refractivity (Wildman–Crippen MR) is 117 cm³/mol. The minimum absolute atomic E-state index is 0.155. The highest BCUT2D eigenvalue weighted by Gasteiger charge is 2.48. The zero-order valence-corrected chi connectivity index (χ0v) is 18.2. The molecule has 2 saturated carbocycles. The molecule has 2 heterocycles. The molecule has 1 saturated heterocycles. The highest BCUT2D eigenvalue weighted by molar-refractivity contribution is 8.15. The summed E-state index contributed by atoms with van der Waals surface area (Å²) in [4.78, 5) is 15.0. The topological polar surface area (TPSA) is 87.8 Å². The molecule has 1 aromatic carbocycles. The second-order valence-corrected chi connectivity index (χ2v) is 11.5. The van der Waals surface area contributed by atoms with Crippen LogP contribution in [0, 0.1) is 11.8 Å². The van der Waals surface area contributed by atoms with Crippen molar-refractivity contribution < 1.29 is 22.2 Å². The van der Waals surface area contributed by atoms with E-state index in [0.29, 0.717) is 28.1 Å². The molecule has 3 fully saturated rings. The Hall–Kier alpha value is -1.77. The summed E-state index contributed by atoms with van der Waals surface area (Å²) in [5, 5.41) is 0.915. The fourth-order valence-electron chi connectivity index (χ4n) is 5.38. The summed E-state index contributed by atoms with van der Waals surface area (Å²) < 4.78 is 38.7. The van der Waals surface area contributed by atoms with Gasteiger partial charge in [0.2, 0.25) is 4.71 Å². The third kappa shape index (κ3) is 3.69. The molecule has 30 heavy (non-hydrogen) atoms. The van der Waals surface area contributed by atoms with Gasteiger partial charge >= 0.3 is 0 Å². The number of carbonyl (C=O) groups is 1. The Kier molecular flexibility index (Phi) is 5.19. The molecular weight excluding hydrogens is 422 g/mol. The lowest BCUT2D eigenvalue weighted by atomic mass is 9.69. The molecule has 6 nitrogen and oxygen atoms in total. The van der Waals surface area contributed by atoms with Gasteiger partial charge in [0.05, 0.1) is 4.91 Å². The van der Waals surface area contributed by atoms with Crippen molar-refractivity contribution in [1.29, 1.82) is 0 Å². The van der Waals surface area contributed by atoms with Crippen LogP contribution >= 0.6 is 11.8 Å². The van der Waals surface area contributed by atoms with Gasteiger partial charge in [-0.05, 0) is 43.2 Å². The van der Waals surface area contributed by atoms with Crippen molar-refractivity contribution in [3.63, 3.8) is 0 Å². The first-order chi connectivity index (χ1) is 14.4. The number of amides is 1. The van der Waals surface area contributed by atoms with Crippen LogP contribution in [0.5, 0.6) is 0 Å². The minimum Gasteiger partial charge on any atom is -0.457 e. The molecule has 5 rings (SSSR count). The minimum atomic E-state index is -4.42. The van der Waals surface area contributed by atoms with Gasteiger partial charge in [-0.15, -0.1) is 0 Å². The monoisotopic (exact) mass is 447 g/mol. The number of furan rings is 1. The Morgan fingerprint density at radius 2 is 1.87 bits per heavy atom. The average molecular weight is 448 g/mol. The molecule has 2 aliphatic carbocycles. The summed E-state index contributed by atoms with van der Waals surface area (Å²) in [6.45, 7) is 0. The third-order valence-electron chi connectivity index (χ3n) is 6.78. The van der Waals surface area contributed by atoms with Gasteiger partial charge in [0, 0.05) is 17.5 Å². The molecule has 8 heteroatoms. The summed E-state index contributed by atoms with van der Waals surface area (Å²) in [5.74, 6) is 1.40. The highest BCUT2D eigenvalue weighted by Crippen LogP contribution is 2.47. The number of hydrogen-bond acceptors (Lipinski definition) is 5. The van der Waals surface area contributed by atoms with Gasteiger partial charge in [-0.3, -0.25) is 9.35 Å². The molecule has 0 spiro atoms. The lowest BCUT2D eigenvalue weighted by molar-refractivity contribution is -0.128. The van der Waals surface area contributed by atoms with Gasteiger partial charge in [-0.25, -0.2) is 0 Å². The van der Waals surface area contributed by atoms with E-state index < -0.39 is 14.8 Å². The smallest absolute Gasteiger partial charge is 0.296 e. The van der Waals surface area contributed by atoms with Crippen LogP contribution in [0.1, 0.15) is 50.7 Å². The second-order valence-electron chi connectivity index (χ2n) is 8.62. The zero-order chi connectivity index (χ0) is 20.9. The number of rotatable bonds is 3. The van der Waals surface area contributed by atoms with Gasteiger partial charge in [-0.1, -0.05) is 55.6 Å². The second kappa shape index (κ2) is 7.73. The molecule has 0 radical (unpaired) electrons. The van der Waals surface area contributed by atoms with E-state index in [2.05, 4.69) is 0 Å². The maximum absolute atomic E-state index is 13.3. The van der Waals surface area contributed by atoms with Gasteiger partial charge in [0.1, 0.15) is 11.3 Å². The largest absolute Gasteiger partial charge is 0.457 e. The van der Waals surface area contributed by atoms with Crippen molar-refractivity contribution in [1.82, 2.24) is 4.90 Å². The molecule has 0 bridgehead atoms. The number of hydrogen-bond donors (Lipinski definition) is 1. The molecule has 1 aliphatic heterocycles. The summed E-state index contributed by atoms with van der Waals surface area (Å²) in [6.07, 6.45) is 9.08. The Bertz CT molecular complexity index is 1070. The van der Waals surface area contributed by atoms with Crippen LogP contribution < -0.4 is 0 Å². The van der Waals surface area contributed by atoms with E-state index in [0.717, 1.165) is 42.8 Å². The van der Waals surface area contributed by atoms with E-state index in [1.807, 2.05) is 30.3 Å². The maximum atomic E-state index is 13.3. The molecule has 1 amide bonds. The standard InChI is InChI=1S/C22H25NO5S2/c24-21-20(13-18-12-16-7-3-4-8-19(16)28-18)29-22(30(25,26)27)23(21)17-10-9-14-5-1-2-6-15(14)11-17/h3-4,7-8,12-15,17,22H,1-2,5-6,9-11H2,(H,25,26,27). The number of fused-ring (bicyclic) bond motifs is 2. The van der Waals surface area contributed by atoms with Gasteiger partial charge in [0.15, 0.2) is 0 Å². The summed E-state index contributed by atoms with van der Waals surface area (Å²) in [7, 11) is -4.42. The van der Waals surface area contributed by atoms with E-state index in [9.17, 15) is 17.8 Å². The number of benzene rings is 1. The molecule has 1 N–H and O–H groups in total. The van der Waals surface area contributed by atoms with E-state index in [1.165, 1.54) is 24.2 Å². The average Bonchev–Trinajstić information content (AvgIpc) is 3.28. The molecule has 2 aromatic rings. The normalized spacial score (nSPS) is 31.4. The Morgan fingerprint density at radius 3 is 2.63 bits per heavy atom. The quantitative estimate of drug-likeness (QED) is 0.533. The predicted octanol–water partition coefficient (Wildman–Crippen LogP) is 4.88. The summed E-state index contributed by atoms with van der Waals surface area (Å²) in [5.41, 5.74) is 0.707. The van der Waals surface area contributed by atoms with E-state index in [1.54, 1.807) is 6.08 Å². The van der Waals surface area contributed by atoms with Crippen molar-refractivity contribution in [3.05, 3.63) is 41.0 Å². The fraction of sp³-hybridized carbons (Fsp3) is 0.500. The summed E-state index contributed by atoms with van der Waals surface area (Å²) in [6, 6.07) is 9.21. The number of thioether (sulfide) groups is 1. The van der Waals surface area contributed by atoms with Gasteiger partial charge < -0.3 is 9.32 Å². The fourth-order valence-corrected chi connectivity index (χ4v) is 7.72. The lowest BCUT2D eigenvalue weighted by Gasteiger charge is -2.43. The van der Waals surface area contributed by atoms with Crippen LogP contribution in [0.2, 0.25) is 0 Å². The number of carbonyl (C=O) groups excluding carboxylic acids is 1. The van der Waals surface area contributed by atoms with E-state index in [-0.39, 0.29) is 11.9 Å². The van der Waals surface area contributed by atoms with Crippen LogP contribution in [-0.4, -0.2) is 34.5 Å². The molecule has 4 atom stereocenters. The molecule has 160 valence electrons. The first-order valence-electron chi connectivity index (χ1n) is 10.6. The van der Waals surface area contributed by atoms with Crippen molar-refractivity contribution >= 4 is 44.8 Å². The van der Waals surface area contributed by atoms with Crippen LogP contribution in [0.4, 0.5) is 0 Å². The SMILES string of the molecule is O=C1C(=Cc2cc3ccccc3o2)SC(S(=O)(=O)O)N1C1CCC2CCCCC2C1. The Morgan fingerprint density at radius 1 is 1.10 bits per heavy atom. The van der Waals surface area contributed by atoms with Crippen LogP contribution in [0.25, 0.3) is 17.0 Å². The number of para-hydroxylation sites is 1. The zero-order valence-electron chi connectivity index (χ0n) is 16.6. The first kappa shape index (κ1) is 20.2. The van der Waals surface area contributed by atoms with Gasteiger partial charge in [0.25, 0.3) is 16.0 Å². The van der Waals surface area contributed by atoms with Crippen LogP contribution in [0.3, 0.4) is 0 Å². The molecule has 4 unspecified atom stereocenters. The van der Waals surface area contributed by atoms with Crippen LogP contribution in [-0.2, 0) is 14.9 Å². The van der Waals surface area contributed by atoms with Crippen molar-refractivity contribution in [2.24, 2.45) is 11.8 Å². The van der Waals surface area contributed by atoms with Crippen molar-refractivity contribution in [2.75, 3.05) is 0 Å². The van der Waals surface area contributed by atoms with Crippen LogP contribution in [0.15, 0.2) is 39.7 Å². The number of nitrogens with zero attached hydrogens (tertiary/aromatic N) is 1. The Balaban J connectivity index is 1.45. The molecule has 1 aromatic heterocycles. The highest BCUT2D eigenvalue weighted by atomic mass is 32.3. The van der Waals surface area contributed by atoms with E-state index in [4.69, 9.17) is 4.42 Å². The Labute approximate surface area is 180 Å². The van der Waals surface area contributed by atoms with E-state index >= 15 is 0 Å². The summed E-state index contributed by atoms with van der Waals surface area (Å²) >= 11 is 0.901. The molecule has 3 aliphatic rings. The van der Waals surface area contributed by atoms with Gasteiger partial charge in [-0.2, -0.15) is 8.42 Å². The third-order valence-corrected chi connectivity index (χ3v) is 9.51. The molecular formula is C22H25NO5S2. The lowest BCUT2D eigenvalue weighted by Crippen LogP contribution is -2.48. The maximum Gasteiger partial charge on any atom is 0.296 e. The first-order valence-corrected chi connectivity index (χ1v) is 12.9.